The van der Waals surface area contributed by atoms with Gasteiger partial charge in [0.1, 0.15) is 18.3 Å². The third kappa shape index (κ3) is 4.96. The molecule has 1 saturated carbocycles. The molecule has 0 aliphatic heterocycles. The summed E-state index contributed by atoms with van der Waals surface area (Å²) in [6, 6.07) is 0. The molecule has 0 saturated heterocycles. The van der Waals surface area contributed by atoms with Crippen LogP contribution in [0.3, 0.4) is 0 Å². The lowest BCUT2D eigenvalue weighted by molar-refractivity contribution is -0.139. The number of carbonyl (C=O) groups is 2. The fourth-order valence-corrected chi connectivity index (χ4v) is 2.36. The van der Waals surface area contributed by atoms with E-state index in [1.807, 2.05) is 0 Å². The van der Waals surface area contributed by atoms with E-state index in [9.17, 15) is 19.3 Å². The number of aliphatic carboxylic acids is 2. The van der Waals surface area contributed by atoms with E-state index in [1.165, 1.54) is 0 Å². The minimum Gasteiger partial charge on any atom is -0.480 e. The van der Waals surface area contributed by atoms with Gasteiger partial charge in [0.05, 0.1) is 0 Å². The van der Waals surface area contributed by atoms with E-state index in [0.29, 0.717) is 6.08 Å². The van der Waals surface area contributed by atoms with E-state index < -0.39 is 43.8 Å². The third-order valence-electron chi connectivity index (χ3n) is 2.59. The van der Waals surface area contributed by atoms with Gasteiger partial charge in [-0.25, -0.2) is 14.2 Å². The molecule has 1 aliphatic carbocycles. The van der Waals surface area contributed by atoms with Gasteiger partial charge in [-0.05, 0) is 12.2 Å². The van der Waals surface area contributed by atoms with Crippen molar-refractivity contribution >= 4 is 19.8 Å². The molecule has 0 aromatic rings. The summed E-state index contributed by atoms with van der Waals surface area (Å²) in [6.07, 6.45) is -4.23. The SMILES string of the molecule is C=C(O[C@@H]1C/C(=C\C(=O)O)[C@@H](OP(=O)(O)O)[C@H]1O)C(=O)O. The summed E-state index contributed by atoms with van der Waals surface area (Å²) in [4.78, 5) is 38.8. The number of hydrogen-bond donors (Lipinski definition) is 5. The average Bonchev–Trinajstić information content (AvgIpc) is 2.55. The van der Waals surface area contributed by atoms with Crippen LogP contribution in [0.1, 0.15) is 6.42 Å². The van der Waals surface area contributed by atoms with Gasteiger partial charge < -0.3 is 29.8 Å². The Hall–Kier alpha value is -1.71. The fourth-order valence-electron chi connectivity index (χ4n) is 1.81. The second kappa shape index (κ2) is 6.37. The molecule has 5 N–H and O–H groups in total. The van der Waals surface area contributed by atoms with Gasteiger partial charge in [-0.3, -0.25) is 4.52 Å². The van der Waals surface area contributed by atoms with Gasteiger partial charge in [0.25, 0.3) is 0 Å². The Bertz CT molecular complexity index is 532. The zero-order valence-electron chi connectivity index (χ0n) is 10.4. The molecular weight excluding hydrogens is 311 g/mol. The van der Waals surface area contributed by atoms with Crippen molar-refractivity contribution in [2.45, 2.75) is 24.7 Å². The number of carboxylic acids is 2. The Morgan fingerprint density at radius 3 is 2.33 bits per heavy atom. The maximum absolute atomic E-state index is 10.8. The molecule has 118 valence electrons. The maximum atomic E-state index is 10.8. The number of carboxylic acid groups (broad SMARTS) is 2. The molecule has 0 bridgehead atoms. The topological polar surface area (TPSA) is 171 Å². The first-order chi connectivity index (χ1) is 9.51. The highest BCUT2D eigenvalue weighted by Crippen LogP contribution is 2.44. The minimum absolute atomic E-state index is 0.151. The van der Waals surface area contributed by atoms with Crippen LogP contribution in [0, 0.1) is 0 Å². The summed E-state index contributed by atoms with van der Waals surface area (Å²) in [5.41, 5.74) is -0.151. The van der Waals surface area contributed by atoms with Gasteiger partial charge in [0, 0.05) is 12.5 Å². The Kier molecular flexibility index (Phi) is 5.26. The van der Waals surface area contributed by atoms with Gasteiger partial charge in [0.2, 0.25) is 0 Å². The first-order valence-electron chi connectivity index (χ1n) is 5.45. The molecule has 0 unspecified atom stereocenters. The quantitative estimate of drug-likeness (QED) is 0.237. The molecule has 0 spiro atoms. The largest absolute Gasteiger partial charge is 0.480 e. The number of phosphoric ester groups is 1. The van der Waals surface area contributed by atoms with E-state index in [-0.39, 0.29) is 12.0 Å². The Morgan fingerprint density at radius 1 is 1.33 bits per heavy atom. The summed E-state index contributed by atoms with van der Waals surface area (Å²) in [5.74, 6) is -3.62. The van der Waals surface area contributed by atoms with Crippen LogP contribution < -0.4 is 0 Å². The molecule has 10 nitrogen and oxygen atoms in total. The van der Waals surface area contributed by atoms with Gasteiger partial charge in [-0.1, -0.05) is 0 Å². The minimum atomic E-state index is -5.00. The van der Waals surface area contributed by atoms with Crippen LogP contribution in [0.5, 0.6) is 0 Å². The van der Waals surface area contributed by atoms with Crippen LogP contribution >= 0.6 is 7.82 Å². The standard InChI is InChI=1S/C10H13O10P/c1-4(10(14)15)19-6-2-5(3-7(11)12)9(8(6)13)20-21(16,17)18/h3,6,8-9,13H,1-2H2,(H,11,12)(H,14,15)(H2,16,17,18)/b5-3+/t6-,8+,9-/m1/s1. The molecule has 0 aromatic heterocycles. The van der Waals surface area contributed by atoms with Crippen molar-refractivity contribution in [1.82, 2.24) is 0 Å². The van der Waals surface area contributed by atoms with Gasteiger partial charge >= 0.3 is 19.8 Å². The first-order valence-corrected chi connectivity index (χ1v) is 6.98. The van der Waals surface area contributed by atoms with Gasteiger partial charge in [-0.2, -0.15) is 0 Å². The zero-order valence-corrected chi connectivity index (χ0v) is 11.3. The highest BCUT2D eigenvalue weighted by Gasteiger charge is 2.44. The highest BCUT2D eigenvalue weighted by molar-refractivity contribution is 7.46. The van der Waals surface area contributed by atoms with Crippen molar-refractivity contribution in [3.8, 4) is 0 Å². The van der Waals surface area contributed by atoms with Crippen molar-refractivity contribution in [1.29, 1.82) is 0 Å². The van der Waals surface area contributed by atoms with E-state index in [2.05, 4.69) is 11.1 Å². The smallest absolute Gasteiger partial charge is 0.470 e. The second-order valence-electron chi connectivity index (χ2n) is 4.15. The van der Waals surface area contributed by atoms with Crippen molar-refractivity contribution in [2.24, 2.45) is 0 Å². The van der Waals surface area contributed by atoms with Crippen LogP contribution in [0.25, 0.3) is 0 Å². The number of hydrogen-bond acceptors (Lipinski definition) is 6. The predicted molar refractivity (Wildman–Crippen MR) is 64.9 cm³/mol. The summed E-state index contributed by atoms with van der Waals surface area (Å²) in [6.45, 7) is 3.07. The number of phosphoric acid groups is 1. The van der Waals surface area contributed by atoms with E-state index >= 15 is 0 Å². The molecule has 0 heterocycles. The maximum Gasteiger partial charge on any atom is 0.470 e. The normalized spacial score (nSPS) is 27.6. The van der Waals surface area contributed by atoms with Crippen molar-refractivity contribution < 1.29 is 48.5 Å². The van der Waals surface area contributed by atoms with Gasteiger partial charge in [-0.15, -0.1) is 0 Å². The Labute approximate surface area is 118 Å². The van der Waals surface area contributed by atoms with Crippen LogP contribution in [0.4, 0.5) is 0 Å². The second-order valence-corrected chi connectivity index (χ2v) is 5.35. The monoisotopic (exact) mass is 324 g/mol. The fraction of sp³-hybridized carbons (Fsp3) is 0.400. The van der Waals surface area contributed by atoms with Crippen molar-refractivity contribution in [3.05, 3.63) is 24.0 Å². The number of rotatable bonds is 6. The van der Waals surface area contributed by atoms with E-state index in [4.69, 9.17) is 24.7 Å². The van der Waals surface area contributed by atoms with E-state index in [0.717, 1.165) is 0 Å². The van der Waals surface area contributed by atoms with Crippen LogP contribution in [-0.4, -0.2) is 55.4 Å². The molecule has 1 rings (SSSR count). The van der Waals surface area contributed by atoms with Crippen LogP contribution in [-0.2, 0) is 23.4 Å². The zero-order chi connectivity index (χ0) is 16.4. The van der Waals surface area contributed by atoms with Crippen LogP contribution in [0.15, 0.2) is 24.0 Å². The lowest BCUT2D eigenvalue weighted by Crippen LogP contribution is -2.33. The first kappa shape index (κ1) is 17.3. The highest BCUT2D eigenvalue weighted by atomic mass is 31.2. The number of ether oxygens (including phenoxy) is 1. The summed E-state index contributed by atoms with van der Waals surface area (Å²) in [5, 5.41) is 27.2. The molecule has 0 aromatic carbocycles. The molecule has 0 radical (unpaired) electrons. The molecule has 1 aliphatic rings. The number of aliphatic hydroxyl groups is 1. The predicted octanol–water partition coefficient (Wildman–Crippen LogP) is -0.777. The summed E-state index contributed by atoms with van der Waals surface area (Å²) >= 11 is 0. The molecule has 1 fully saturated rings. The molecule has 3 atom stereocenters. The van der Waals surface area contributed by atoms with E-state index in [1.54, 1.807) is 0 Å². The molecule has 21 heavy (non-hydrogen) atoms. The number of aliphatic hydroxyl groups excluding tert-OH is 1. The Morgan fingerprint density at radius 2 is 1.90 bits per heavy atom. The van der Waals surface area contributed by atoms with Gasteiger partial charge in [0.15, 0.2) is 5.76 Å². The molecular formula is C10H13O10P. The lowest BCUT2D eigenvalue weighted by Gasteiger charge is -2.20. The summed E-state index contributed by atoms with van der Waals surface area (Å²) < 4.78 is 20.0. The Balaban J connectivity index is 2.98. The van der Waals surface area contributed by atoms with Crippen molar-refractivity contribution in [2.75, 3.05) is 0 Å². The van der Waals surface area contributed by atoms with Crippen LogP contribution in [0.2, 0.25) is 0 Å². The summed E-state index contributed by atoms with van der Waals surface area (Å²) in [7, 11) is -5.00. The third-order valence-corrected chi connectivity index (χ3v) is 3.09. The molecule has 0 amide bonds. The molecule has 11 heteroatoms. The lowest BCUT2D eigenvalue weighted by atomic mass is 10.2. The average molecular weight is 324 g/mol. The van der Waals surface area contributed by atoms with Crippen molar-refractivity contribution in [3.63, 3.8) is 0 Å².